The largest absolute Gasteiger partial charge is 0.328 e. The number of pyridine rings is 1. The van der Waals surface area contributed by atoms with Gasteiger partial charge in [-0.05, 0) is 42.2 Å². The van der Waals surface area contributed by atoms with E-state index in [9.17, 15) is 9.59 Å². The SMILES string of the molecule is Cc1cc[nH]c(=O)c1C(=O)Nc1ccc(C(C)C)cc1. The third-order valence-electron chi connectivity index (χ3n) is 3.23. The molecule has 4 heteroatoms. The molecule has 1 amide bonds. The van der Waals surface area contributed by atoms with Crippen molar-refractivity contribution in [1.82, 2.24) is 4.98 Å². The number of hydrogen-bond acceptors (Lipinski definition) is 2. The van der Waals surface area contributed by atoms with E-state index in [-0.39, 0.29) is 17.0 Å². The number of aryl methyl sites for hydroxylation is 1. The maximum absolute atomic E-state index is 12.1. The zero-order chi connectivity index (χ0) is 14.7. The minimum Gasteiger partial charge on any atom is -0.328 e. The first-order valence-electron chi connectivity index (χ1n) is 6.58. The molecule has 1 heterocycles. The van der Waals surface area contributed by atoms with Gasteiger partial charge in [-0.25, -0.2) is 0 Å². The molecule has 0 bridgehead atoms. The van der Waals surface area contributed by atoms with Gasteiger partial charge >= 0.3 is 0 Å². The number of aromatic amines is 1. The highest BCUT2D eigenvalue weighted by Crippen LogP contribution is 2.17. The third kappa shape index (κ3) is 2.96. The predicted octanol–water partition coefficient (Wildman–Crippen LogP) is 3.06. The van der Waals surface area contributed by atoms with Crippen molar-refractivity contribution >= 4 is 11.6 Å². The van der Waals surface area contributed by atoms with Gasteiger partial charge in [0.15, 0.2) is 0 Å². The zero-order valence-electron chi connectivity index (χ0n) is 11.9. The van der Waals surface area contributed by atoms with Crippen LogP contribution in [-0.4, -0.2) is 10.9 Å². The summed E-state index contributed by atoms with van der Waals surface area (Å²) in [6.07, 6.45) is 1.53. The smallest absolute Gasteiger partial charge is 0.261 e. The van der Waals surface area contributed by atoms with E-state index in [4.69, 9.17) is 0 Å². The van der Waals surface area contributed by atoms with Crippen LogP contribution in [0.15, 0.2) is 41.3 Å². The molecule has 0 aliphatic carbocycles. The van der Waals surface area contributed by atoms with E-state index in [1.807, 2.05) is 24.3 Å². The van der Waals surface area contributed by atoms with E-state index < -0.39 is 0 Å². The lowest BCUT2D eigenvalue weighted by molar-refractivity contribution is 0.102. The van der Waals surface area contributed by atoms with Crippen LogP contribution in [0.4, 0.5) is 5.69 Å². The second kappa shape index (κ2) is 5.74. The standard InChI is InChI=1S/C16H18N2O2/c1-10(2)12-4-6-13(7-5-12)18-16(20)14-11(3)8-9-17-15(14)19/h4-10H,1-3H3,(H,17,19)(H,18,20). The van der Waals surface area contributed by atoms with Gasteiger partial charge in [0, 0.05) is 11.9 Å². The summed E-state index contributed by atoms with van der Waals surface area (Å²) in [5.74, 6) is 0.0561. The monoisotopic (exact) mass is 270 g/mol. The number of amides is 1. The van der Waals surface area contributed by atoms with E-state index in [1.165, 1.54) is 11.8 Å². The molecule has 1 aromatic heterocycles. The Morgan fingerprint density at radius 1 is 1.15 bits per heavy atom. The van der Waals surface area contributed by atoms with Crippen LogP contribution >= 0.6 is 0 Å². The third-order valence-corrected chi connectivity index (χ3v) is 3.23. The van der Waals surface area contributed by atoms with Gasteiger partial charge in [-0.1, -0.05) is 26.0 Å². The summed E-state index contributed by atoms with van der Waals surface area (Å²) in [5, 5.41) is 2.75. The van der Waals surface area contributed by atoms with E-state index in [1.54, 1.807) is 13.0 Å². The van der Waals surface area contributed by atoms with Crippen LogP contribution in [0, 0.1) is 6.92 Å². The van der Waals surface area contributed by atoms with Crippen LogP contribution in [0.3, 0.4) is 0 Å². The summed E-state index contributed by atoms with van der Waals surface area (Å²) >= 11 is 0. The molecule has 104 valence electrons. The molecule has 1 aromatic carbocycles. The molecule has 20 heavy (non-hydrogen) atoms. The molecule has 0 saturated heterocycles. The molecule has 0 fully saturated rings. The maximum Gasteiger partial charge on any atom is 0.261 e. The first-order valence-corrected chi connectivity index (χ1v) is 6.58. The van der Waals surface area contributed by atoms with Crippen molar-refractivity contribution in [2.24, 2.45) is 0 Å². The lowest BCUT2D eigenvalue weighted by atomic mass is 10.0. The number of hydrogen-bond donors (Lipinski definition) is 2. The normalized spacial score (nSPS) is 10.6. The highest BCUT2D eigenvalue weighted by molar-refractivity contribution is 6.04. The molecule has 0 spiro atoms. The van der Waals surface area contributed by atoms with Crippen molar-refractivity contribution in [2.45, 2.75) is 26.7 Å². The number of benzene rings is 1. The van der Waals surface area contributed by atoms with Crippen LogP contribution in [0.2, 0.25) is 0 Å². The summed E-state index contributed by atoms with van der Waals surface area (Å²) in [6, 6.07) is 9.35. The topological polar surface area (TPSA) is 62.0 Å². The molecule has 0 atom stereocenters. The van der Waals surface area contributed by atoms with Gasteiger partial charge in [0.05, 0.1) is 0 Å². The van der Waals surface area contributed by atoms with Crippen molar-refractivity contribution in [3.8, 4) is 0 Å². The lowest BCUT2D eigenvalue weighted by Crippen LogP contribution is -2.24. The molecule has 2 aromatic rings. The summed E-state index contributed by atoms with van der Waals surface area (Å²) in [4.78, 5) is 26.4. The molecule has 4 nitrogen and oxygen atoms in total. The van der Waals surface area contributed by atoms with Crippen molar-refractivity contribution in [3.05, 3.63) is 63.6 Å². The summed E-state index contributed by atoms with van der Waals surface area (Å²) < 4.78 is 0. The first kappa shape index (κ1) is 14.1. The molecule has 0 unspecified atom stereocenters. The minimum absolute atomic E-state index is 0.153. The molecule has 0 saturated carbocycles. The van der Waals surface area contributed by atoms with Gasteiger partial charge in [0.1, 0.15) is 5.56 Å². The van der Waals surface area contributed by atoms with Gasteiger partial charge in [0.2, 0.25) is 0 Å². The van der Waals surface area contributed by atoms with Crippen LogP contribution in [0.5, 0.6) is 0 Å². The number of aromatic nitrogens is 1. The van der Waals surface area contributed by atoms with Gasteiger partial charge in [-0.3, -0.25) is 9.59 Å². The quantitative estimate of drug-likeness (QED) is 0.900. The number of carbonyl (C=O) groups excluding carboxylic acids is 1. The minimum atomic E-state index is -0.387. The fourth-order valence-corrected chi connectivity index (χ4v) is 2.00. The second-order valence-electron chi connectivity index (χ2n) is 5.10. The Hall–Kier alpha value is -2.36. The van der Waals surface area contributed by atoms with Gasteiger partial charge in [-0.2, -0.15) is 0 Å². The Labute approximate surface area is 117 Å². The fraction of sp³-hybridized carbons (Fsp3) is 0.250. The molecular weight excluding hydrogens is 252 g/mol. The number of anilines is 1. The number of rotatable bonds is 3. The number of H-pyrrole nitrogens is 1. The van der Waals surface area contributed by atoms with Crippen LogP contribution < -0.4 is 10.9 Å². The van der Waals surface area contributed by atoms with Gasteiger partial charge < -0.3 is 10.3 Å². The van der Waals surface area contributed by atoms with Gasteiger partial charge in [0.25, 0.3) is 11.5 Å². The Balaban J connectivity index is 2.22. The predicted molar refractivity (Wildman–Crippen MR) is 80.3 cm³/mol. The Kier molecular flexibility index (Phi) is 4.03. The number of nitrogens with one attached hydrogen (secondary N) is 2. The van der Waals surface area contributed by atoms with Crippen molar-refractivity contribution in [3.63, 3.8) is 0 Å². The number of carbonyl (C=O) groups is 1. The van der Waals surface area contributed by atoms with Crippen molar-refractivity contribution in [2.75, 3.05) is 5.32 Å². The summed E-state index contributed by atoms with van der Waals surface area (Å²) in [5.41, 5.74) is 2.32. The Morgan fingerprint density at radius 3 is 2.35 bits per heavy atom. The molecule has 0 aliphatic rings. The molecule has 0 radical (unpaired) electrons. The average molecular weight is 270 g/mol. The molecule has 2 rings (SSSR count). The zero-order valence-corrected chi connectivity index (χ0v) is 11.9. The summed E-state index contributed by atoms with van der Waals surface area (Å²) in [7, 11) is 0. The van der Waals surface area contributed by atoms with E-state index in [2.05, 4.69) is 24.1 Å². The second-order valence-corrected chi connectivity index (χ2v) is 5.10. The van der Waals surface area contributed by atoms with E-state index >= 15 is 0 Å². The van der Waals surface area contributed by atoms with Crippen LogP contribution in [0.1, 0.15) is 41.3 Å². The average Bonchev–Trinajstić information content (AvgIpc) is 2.39. The maximum atomic E-state index is 12.1. The lowest BCUT2D eigenvalue weighted by Gasteiger charge is -2.09. The molecular formula is C16H18N2O2. The molecule has 0 aliphatic heterocycles. The highest BCUT2D eigenvalue weighted by Gasteiger charge is 2.13. The van der Waals surface area contributed by atoms with Crippen LogP contribution in [0.25, 0.3) is 0 Å². The highest BCUT2D eigenvalue weighted by atomic mass is 16.2. The summed E-state index contributed by atoms with van der Waals surface area (Å²) in [6.45, 7) is 5.97. The van der Waals surface area contributed by atoms with E-state index in [0.717, 1.165) is 0 Å². The van der Waals surface area contributed by atoms with Crippen LogP contribution in [-0.2, 0) is 0 Å². The Morgan fingerprint density at radius 2 is 1.80 bits per heavy atom. The first-order chi connectivity index (χ1) is 9.49. The fourth-order valence-electron chi connectivity index (χ4n) is 2.00. The van der Waals surface area contributed by atoms with Crippen molar-refractivity contribution in [1.29, 1.82) is 0 Å². The molecule has 2 N–H and O–H groups in total. The van der Waals surface area contributed by atoms with E-state index in [0.29, 0.717) is 17.2 Å². The Bertz CT molecular complexity index is 670. The van der Waals surface area contributed by atoms with Gasteiger partial charge in [-0.15, -0.1) is 0 Å². The van der Waals surface area contributed by atoms with Crippen molar-refractivity contribution < 1.29 is 4.79 Å².